The minimum atomic E-state index is -0.108. The molecule has 2 aromatic heterocycles. The second-order valence-electron chi connectivity index (χ2n) is 5.39. The molecule has 0 radical (unpaired) electrons. The molecule has 0 amide bonds. The molecular weight excluding hydrogens is 368 g/mol. The molecule has 0 bridgehead atoms. The van der Waals surface area contributed by atoms with Gasteiger partial charge in [0.2, 0.25) is 0 Å². The Kier molecular flexibility index (Phi) is 6.65. The fourth-order valence-corrected chi connectivity index (χ4v) is 2.68. The van der Waals surface area contributed by atoms with E-state index in [0.29, 0.717) is 35.4 Å². The highest BCUT2D eigenvalue weighted by atomic mass is 35.5. The van der Waals surface area contributed by atoms with Crippen LogP contribution in [-0.4, -0.2) is 26.1 Å². The molecule has 0 atom stereocenters. The van der Waals surface area contributed by atoms with Crippen LogP contribution in [0.2, 0.25) is 5.02 Å². The van der Waals surface area contributed by atoms with Gasteiger partial charge in [0.1, 0.15) is 35.4 Å². The second kappa shape index (κ2) is 8.93. The summed E-state index contributed by atoms with van der Waals surface area (Å²) in [4.78, 5) is 23.9. The lowest BCUT2D eigenvalue weighted by Gasteiger charge is -2.11. The second-order valence-corrected chi connectivity index (χ2v) is 5.80. The van der Waals surface area contributed by atoms with Crippen molar-refractivity contribution in [2.24, 2.45) is 5.73 Å². The van der Waals surface area contributed by atoms with Crippen LogP contribution in [-0.2, 0) is 13.0 Å². The van der Waals surface area contributed by atoms with Crippen LogP contribution in [0.3, 0.4) is 0 Å². The van der Waals surface area contributed by atoms with Gasteiger partial charge in [-0.25, -0.2) is 15.0 Å². The summed E-state index contributed by atoms with van der Waals surface area (Å²) in [5.41, 5.74) is 16.7. The minimum Gasteiger partial charge on any atom is -0.382 e. The van der Waals surface area contributed by atoms with Gasteiger partial charge in [-0.15, -0.1) is 0 Å². The first-order valence-corrected chi connectivity index (χ1v) is 8.46. The standard InChI is InChI=1S/C12H14ClN3O.C5H5N5/c1-2-10-15-9-5-3-4-8(13)11(9)12(17)16(10)7-6-14;6-1-3-4(7)9-2-10-5(3)8/h3-5H,2,6-7,14H2,1H3;2H,(H4,7,8,9,10). The van der Waals surface area contributed by atoms with Crippen LogP contribution < -0.4 is 22.8 Å². The Morgan fingerprint density at radius 2 is 1.93 bits per heavy atom. The fourth-order valence-electron chi connectivity index (χ4n) is 2.43. The van der Waals surface area contributed by atoms with Crippen molar-refractivity contribution >= 4 is 34.1 Å². The van der Waals surface area contributed by atoms with E-state index in [4.69, 9.17) is 34.1 Å². The Balaban J connectivity index is 0.000000223. The summed E-state index contributed by atoms with van der Waals surface area (Å²) in [6.07, 6.45) is 1.91. The highest BCUT2D eigenvalue weighted by Gasteiger charge is 2.11. The molecule has 3 rings (SSSR count). The molecule has 0 saturated carbocycles. The van der Waals surface area contributed by atoms with Crippen LogP contribution in [0.4, 0.5) is 11.6 Å². The van der Waals surface area contributed by atoms with Crippen molar-refractivity contribution in [3.8, 4) is 6.07 Å². The zero-order valence-corrected chi connectivity index (χ0v) is 15.4. The lowest BCUT2D eigenvalue weighted by atomic mass is 10.2. The molecule has 0 unspecified atom stereocenters. The zero-order chi connectivity index (χ0) is 20.0. The number of hydrogen-bond acceptors (Lipinski definition) is 8. The van der Waals surface area contributed by atoms with E-state index in [9.17, 15) is 4.79 Å². The molecule has 140 valence electrons. The molecule has 0 aliphatic rings. The van der Waals surface area contributed by atoms with Crippen molar-refractivity contribution in [2.75, 3.05) is 18.0 Å². The third-order valence-corrected chi connectivity index (χ3v) is 4.01. The number of nitriles is 1. The predicted molar refractivity (Wildman–Crippen MR) is 105 cm³/mol. The summed E-state index contributed by atoms with van der Waals surface area (Å²) in [6.45, 7) is 2.84. The quantitative estimate of drug-likeness (QED) is 0.601. The van der Waals surface area contributed by atoms with Crippen molar-refractivity contribution in [2.45, 2.75) is 19.9 Å². The normalized spacial score (nSPS) is 10.1. The summed E-state index contributed by atoms with van der Waals surface area (Å²) in [6, 6.07) is 7.08. The molecule has 9 nitrogen and oxygen atoms in total. The smallest absolute Gasteiger partial charge is 0.262 e. The maximum absolute atomic E-state index is 12.3. The highest BCUT2D eigenvalue weighted by Crippen LogP contribution is 2.18. The number of fused-ring (bicyclic) bond motifs is 1. The maximum atomic E-state index is 12.3. The summed E-state index contributed by atoms with van der Waals surface area (Å²) >= 11 is 6.05. The van der Waals surface area contributed by atoms with E-state index < -0.39 is 0 Å². The van der Waals surface area contributed by atoms with Gasteiger partial charge in [-0.3, -0.25) is 9.36 Å². The number of aryl methyl sites for hydroxylation is 1. The Bertz CT molecular complexity index is 1040. The Morgan fingerprint density at radius 3 is 2.44 bits per heavy atom. The average Bonchev–Trinajstić information content (AvgIpc) is 2.64. The van der Waals surface area contributed by atoms with E-state index in [-0.39, 0.29) is 22.8 Å². The van der Waals surface area contributed by atoms with E-state index >= 15 is 0 Å². The minimum absolute atomic E-state index is 0.108. The number of nitrogens with zero attached hydrogens (tertiary/aromatic N) is 5. The van der Waals surface area contributed by atoms with Gasteiger partial charge in [-0.05, 0) is 12.1 Å². The van der Waals surface area contributed by atoms with Crippen LogP contribution in [0.5, 0.6) is 0 Å². The molecule has 2 heterocycles. The number of nitrogens with two attached hydrogens (primary N) is 3. The van der Waals surface area contributed by atoms with E-state index in [1.165, 1.54) is 6.33 Å². The number of anilines is 2. The van der Waals surface area contributed by atoms with Gasteiger partial charge < -0.3 is 17.2 Å². The van der Waals surface area contributed by atoms with Gasteiger partial charge in [-0.2, -0.15) is 5.26 Å². The summed E-state index contributed by atoms with van der Waals surface area (Å²) in [5, 5.41) is 9.32. The van der Waals surface area contributed by atoms with Gasteiger partial charge in [0.15, 0.2) is 0 Å². The fraction of sp³-hybridized carbons (Fsp3) is 0.235. The number of nitrogen functional groups attached to an aromatic ring is 2. The first-order valence-electron chi connectivity index (χ1n) is 8.08. The largest absolute Gasteiger partial charge is 0.382 e. The summed E-state index contributed by atoms with van der Waals surface area (Å²) in [7, 11) is 0. The van der Waals surface area contributed by atoms with Crippen LogP contribution in [0.25, 0.3) is 10.9 Å². The molecule has 0 fully saturated rings. The van der Waals surface area contributed by atoms with Crippen LogP contribution in [0.15, 0.2) is 29.3 Å². The number of benzene rings is 1. The summed E-state index contributed by atoms with van der Waals surface area (Å²) in [5.74, 6) is 0.986. The Labute approximate surface area is 160 Å². The summed E-state index contributed by atoms with van der Waals surface area (Å²) < 4.78 is 1.61. The molecule has 1 aromatic carbocycles. The Hall–Kier alpha value is -3.22. The average molecular weight is 387 g/mol. The maximum Gasteiger partial charge on any atom is 0.262 e. The lowest BCUT2D eigenvalue weighted by molar-refractivity contribution is 0.631. The van der Waals surface area contributed by atoms with Crippen LogP contribution in [0.1, 0.15) is 18.3 Å². The van der Waals surface area contributed by atoms with Gasteiger partial charge in [0.25, 0.3) is 5.56 Å². The van der Waals surface area contributed by atoms with Crippen molar-refractivity contribution < 1.29 is 0 Å². The third kappa shape index (κ3) is 4.31. The molecular formula is C17H19ClN8O. The monoisotopic (exact) mass is 386 g/mol. The molecule has 0 spiro atoms. The van der Waals surface area contributed by atoms with E-state index in [2.05, 4.69) is 15.0 Å². The number of halogens is 1. The molecule has 0 saturated heterocycles. The van der Waals surface area contributed by atoms with E-state index in [1.54, 1.807) is 28.8 Å². The van der Waals surface area contributed by atoms with Crippen molar-refractivity contribution in [3.05, 3.63) is 51.3 Å². The molecule has 10 heteroatoms. The predicted octanol–water partition coefficient (Wildman–Crippen LogP) is 1.08. The Morgan fingerprint density at radius 1 is 1.26 bits per heavy atom. The molecule has 0 aliphatic heterocycles. The number of aromatic nitrogens is 4. The molecule has 27 heavy (non-hydrogen) atoms. The third-order valence-electron chi connectivity index (χ3n) is 3.70. The highest BCUT2D eigenvalue weighted by molar-refractivity contribution is 6.35. The topological polar surface area (TPSA) is 163 Å². The number of hydrogen-bond donors (Lipinski definition) is 3. The van der Waals surface area contributed by atoms with Gasteiger partial charge in [-0.1, -0.05) is 24.6 Å². The van der Waals surface area contributed by atoms with Gasteiger partial charge >= 0.3 is 0 Å². The SMILES string of the molecule is CCc1nc2cccc(Cl)c2c(=O)n1CCN.N#Cc1c(N)ncnc1N. The van der Waals surface area contributed by atoms with Crippen molar-refractivity contribution in [1.29, 1.82) is 5.26 Å². The van der Waals surface area contributed by atoms with E-state index in [1.807, 2.05) is 6.92 Å². The van der Waals surface area contributed by atoms with Crippen LogP contribution >= 0.6 is 11.6 Å². The first-order chi connectivity index (χ1) is 12.9. The zero-order valence-electron chi connectivity index (χ0n) is 14.7. The molecule has 0 aliphatic carbocycles. The van der Waals surface area contributed by atoms with Crippen LogP contribution in [0, 0.1) is 11.3 Å². The van der Waals surface area contributed by atoms with Gasteiger partial charge in [0, 0.05) is 19.5 Å². The molecule has 3 aromatic rings. The van der Waals surface area contributed by atoms with Crippen molar-refractivity contribution in [1.82, 2.24) is 19.5 Å². The molecule has 6 N–H and O–H groups in total. The van der Waals surface area contributed by atoms with E-state index in [0.717, 1.165) is 5.82 Å². The van der Waals surface area contributed by atoms with Crippen molar-refractivity contribution in [3.63, 3.8) is 0 Å². The first kappa shape index (κ1) is 20.1. The number of rotatable bonds is 3. The lowest BCUT2D eigenvalue weighted by Crippen LogP contribution is -2.28. The van der Waals surface area contributed by atoms with Gasteiger partial charge in [0.05, 0.1) is 15.9 Å².